The van der Waals surface area contributed by atoms with Crippen LogP contribution >= 0.6 is 0 Å². The number of aryl methyl sites for hydroxylation is 1. The van der Waals surface area contributed by atoms with Gasteiger partial charge in [0.1, 0.15) is 12.1 Å². The molecule has 130 valence electrons. The largest absolute Gasteiger partial charge is 0.406 e. The number of alkyl halides is 3. The van der Waals surface area contributed by atoms with Crippen LogP contribution in [0.3, 0.4) is 0 Å². The van der Waals surface area contributed by atoms with E-state index in [9.17, 15) is 18.0 Å². The lowest BCUT2D eigenvalue weighted by atomic mass is 10.1. The molecule has 1 heterocycles. The van der Waals surface area contributed by atoms with Crippen LogP contribution in [0.15, 0.2) is 48.5 Å². The molecule has 3 aromatic rings. The van der Waals surface area contributed by atoms with Gasteiger partial charge in [-0.15, -0.1) is 5.10 Å². The van der Waals surface area contributed by atoms with Crippen LogP contribution in [0.25, 0.3) is 11.0 Å². The fourth-order valence-electron chi connectivity index (χ4n) is 2.58. The van der Waals surface area contributed by atoms with E-state index in [1.54, 1.807) is 43.4 Å². The Labute approximate surface area is 141 Å². The summed E-state index contributed by atoms with van der Waals surface area (Å²) < 4.78 is 40.3. The van der Waals surface area contributed by atoms with Gasteiger partial charge in [0.25, 0.3) is 5.91 Å². The molecule has 1 amide bonds. The molecule has 0 spiro atoms. The van der Waals surface area contributed by atoms with Crippen LogP contribution in [-0.4, -0.2) is 38.5 Å². The van der Waals surface area contributed by atoms with E-state index in [0.717, 1.165) is 4.90 Å². The molecule has 0 atom stereocenters. The molecule has 0 aliphatic carbocycles. The van der Waals surface area contributed by atoms with E-state index < -0.39 is 18.6 Å². The number of hydrogen-bond acceptors (Lipinski definition) is 3. The van der Waals surface area contributed by atoms with Crippen LogP contribution in [0.4, 0.5) is 13.2 Å². The second kappa shape index (κ2) is 6.54. The summed E-state index contributed by atoms with van der Waals surface area (Å²) in [6.07, 6.45) is -4.49. The minimum atomic E-state index is -4.49. The van der Waals surface area contributed by atoms with Crippen molar-refractivity contribution in [1.29, 1.82) is 0 Å². The molecule has 0 bridgehead atoms. The third-order valence-corrected chi connectivity index (χ3v) is 3.73. The average molecular weight is 348 g/mol. The molecule has 0 N–H and O–H groups in total. The Bertz CT molecular complexity index is 890. The zero-order valence-corrected chi connectivity index (χ0v) is 13.4. The molecule has 3 rings (SSSR count). The maximum atomic E-state index is 12.9. The Morgan fingerprint density at radius 1 is 1.16 bits per heavy atom. The normalized spacial score (nSPS) is 11.7. The standard InChI is InChI=1S/C17H15F3N4O/c1-23-15-8-7-13(9-14(15)21-22-23)16(25)24(11-17(18,19)20)10-12-5-3-2-4-6-12/h2-9H,10-11H2,1H3. The molecule has 0 radical (unpaired) electrons. The maximum Gasteiger partial charge on any atom is 0.406 e. The van der Waals surface area contributed by atoms with E-state index >= 15 is 0 Å². The fraction of sp³-hybridized carbons (Fsp3) is 0.235. The van der Waals surface area contributed by atoms with Crippen LogP contribution in [-0.2, 0) is 13.6 Å². The molecule has 0 fully saturated rings. The number of carbonyl (C=O) groups excluding carboxylic acids is 1. The van der Waals surface area contributed by atoms with Gasteiger partial charge >= 0.3 is 6.18 Å². The Morgan fingerprint density at radius 2 is 1.88 bits per heavy atom. The Morgan fingerprint density at radius 3 is 2.56 bits per heavy atom. The van der Waals surface area contributed by atoms with E-state index in [4.69, 9.17) is 0 Å². The van der Waals surface area contributed by atoms with Crippen molar-refractivity contribution < 1.29 is 18.0 Å². The van der Waals surface area contributed by atoms with Gasteiger partial charge in [-0.25, -0.2) is 4.68 Å². The summed E-state index contributed by atoms with van der Waals surface area (Å²) in [6, 6.07) is 13.1. The quantitative estimate of drug-likeness (QED) is 0.728. The summed E-state index contributed by atoms with van der Waals surface area (Å²) in [6.45, 7) is -1.45. The summed E-state index contributed by atoms with van der Waals surface area (Å²) in [5.41, 5.74) is 1.93. The zero-order chi connectivity index (χ0) is 18.0. The van der Waals surface area contributed by atoms with Crippen molar-refractivity contribution in [2.45, 2.75) is 12.7 Å². The van der Waals surface area contributed by atoms with Gasteiger partial charge in [0.05, 0.1) is 5.52 Å². The molecular formula is C17H15F3N4O. The van der Waals surface area contributed by atoms with Crippen molar-refractivity contribution in [2.75, 3.05) is 6.54 Å². The average Bonchev–Trinajstić information content (AvgIpc) is 2.94. The minimum Gasteiger partial charge on any atom is -0.325 e. The van der Waals surface area contributed by atoms with Crippen LogP contribution in [0.1, 0.15) is 15.9 Å². The molecule has 1 aromatic heterocycles. The number of carbonyl (C=O) groups is 1. The third kappa shape index (κ3) is 3.96. The van der Waals surface area contributed by atoms with E-state index in [-0.39, 0.29) is 12.1 Å². The van der Waals surface area contributed by atoms with Crippen molar-refractivity contribution in [1.82, 2.24) is 19.9 Å². The van der Waals surface area contributed by atoms with Crippen molar-refractivity contribution in [2.24, 2.45) is 7.05 Å². The molecule has 0 saturated carbocycles. The van der Waals surface area contributed by atoms with Gasteiger partial charge < -0.3 is 4.90 Å². The monoisotopic (exact) mass is 348 g/mol. The summed E-state index contributed by atoms with van der Waals surface area (Å²) >= 11 is 0. The number of halogens is 3. The van der Waals surface area contributed by atoms with Gasteiger partial charge in [-0.05, 0) is 23.8 Å². The van der Waals surface area contributed by atoms with Crippen molar-refractivity contribution >= 4 is 16.9 Å². The highest BCUT2D eigenvalue weighted by molar-refractivity contribution is 5.97. The molecular weight excluding hydrogens is 333 g/mol. The highest BCUT2D eigenvalue weighted by Crippen LogP contribution is 2.21. The van der Waals surface area contributed by atoms with E-state index in [1.807, 2.05) is 0 Å². The molecule has 0 aliphatic heterocycles. The Hall–Kier alpha value is -2.90. The van der Waals surface area contributed by atoms with Crippen molar-refractivity contribution in [3.63, 3.8) is 0 Å². The molecule has 8 heteroatoms. The van der Waals surface area contributed by atoms with E-state index in [1.165, 1.54) is 16.8 Å². The number of rotatable bonds is 4. The molecule has 0 unspecified atom stereocenters. The molecule has 25 heavy (non-hydrogen) atoms. The van der Waals surface area contributed by atoms with Crippen LogP contribution in [0.5, 0.6) is 0 Å². The molecule has 2 aromatic carbocycles. The fourth-order valence-corrected chi connectivity index (χ4v) is 2.58. The second-order valence-corrected chi connectivity index (χ2v) is 5.68. The van der Waals surface area contributed by atoms with Crippen molar-refractivity contribution in [3.05, 3.63) is 59.7 Å². The Kier molecular flexibility index (Phi) is 4.43. The first-order valence-electron chi connectivity index (χ1n) is 7.53. The number of nitrogens with zero attached hydrogens (tertiary/aromatic N) is 4. The number of amides is 1. The molecule has 0 aliphatic rings. The van der Waals surface area contributed by atoms with E-state index in [0.29, 0.717) is 16.6 Å². The maximum absolute atomic E-state index is 12.9. The lowest BCUT2D eigenvalue weighted by Gasteiger charge is -2.24. The SMILES string of the molecule is Cn1nnc2cc(C(=O)N(Cc3ccccc3)CC(F)(F)F)ccc21. The predicted molar refractivity (Wildman–Crippen MR) is 85.7 cm³/mol. The zero-order valence-electron chi connectivity index (χ0n) is 13.4. The summed E-state index contributed by atoms with van der Waals surface area (Å²) in [5.74, 6) is -0.700. The number of fused-ring (bicyclic) bond motifs is 1. The van der Waals surface area contributed by atoms with Gasteiger partial charge in [0, 0.05) is 19.2 Å². The number of aromatic nitrogens is 3. The van der Waals surface area contributed by atoms with Crippen LogP contribution in [0.2, 0.25) is 0 Å². The lowest BCUT2D eigenvalue weighted by Crippen LogP contribution is -2.38. The van der Waals surface area contributed by atoms with Crippen LogP contribution < -0.4 is 0 Å². The van der Waals surface area contributed by atoms with Gasteiger partial charge in [-0.2, -0.15) is 13.2 Å². The number of hydrogen-bond donors (Lipinski definition) is 0. The first kappa shape index (κ1) is 16.9. The second-order valence-electron chi connectivity index (χ2n) is 5.68. The first-order valence-corrected chi connectivity index (χ1v) is 7.53. The first-order chi connectivity index (χ1) is 11.8. The van der Waals surface area contributed by atoms with Gasteiger partial charge in [-0.3, -0.25) is 4.79 Å². The topological polar surface area (TPSA) is 51.0 Å². The lowest BCUT2D eigenvalue weighted by molar-refractivity contribution is -0.141. The van der Waals surface area contributed by atoms with Gasteiger partial charge in [0.2, 0.25) is 0 Å². The van der Waals surface area contributed by atoms with Gasteiger partial charge in [-0.1, -0.05) is 35.5 Å². The molecule has 0 saturated heterocycles. The third-order valence-electron chi connectivity index (χ3n) is 3.73. The highest BCUT2D eigenvalue weighted by Gasteiger charge is 2.33. The summed E-state index contributed by atoms with van der Waals surface area (Å²) in [5, 5.41) is 7.73. The summed E-state index contributed by atoms with van der Waals surface area (Å²) in [4.78, 5) is 13.4. The van der Waals surface area contributed by atoms with Crippen LogP contribution in [0, 0.1) is 0 Å². The smallest absolute Gasteiger partial charge is 0.325 e. The summed E-state index contributed by atoms with van der Waals surface area (Å²) in [7, 11) is 1.70. The predicted octanol–water partition coefficient (Wildman–Crippen LogP) is 3.17. The van der Waals surface area contributed by atoms with E-state index in [2.05, 4.69) is 10.3 Å². The van der Waals surface area contributed by atoms with Gasteiger partial charge in [0.15, 0.2) is 0 Å². The molecule has 5 nitrogen and oxygen atoms in total. The minimum absolute atomic E-state index is 0.127. The Balaban J connectivity index is 1.91. The van der Waals surface area contributed by atoms with Crippen molar-refractivity contribution in [3.8, 4) is 0 Å². The highest BCUT2D eigenvalue weighted by atomic mass is 19.4. The number of benzene rings is 2.